The van der Waals surface area contributed by atoms with E-state index in [1.54, 1.807) is 0 Å². The summed E-state index contributed by atoms with van der Waals surface area (Å²) in [5, 5.41) is 3.23. The maximum Gasteiger partial charge on any atom is 0.169 e. The molecule has 0 unspecified atom stereocenters. The van der Waals surface area contributed by atoms with Crippen molar-refractivity contribution in [3.05, 3.63) is 28.2 Å². The van der Waals surface area contributed by atoms with E-state index in [9.17, 15) is 8.78 Å². The molecule has 1 rings (SSSR count). The molecule has 0 bridgehead atoms. The number of halogens is 3. The van der Waals surface area contributed by atoms with Crippen molar-refractivity contribution in [2.45, 2.75) is 13.8 Å². The molecular weight excluding hydrogens is 330 g/mol. The monoisotopic (exact) mass is 350 g/mol. The van der Waals surface area contributed by atoms with Crippen molar-refractivity contribution in [1.29, 1.82) is 0 Å². The van der Waals surface area contributed by atoms with Crippen LogP contribution >= 0.6 is 15.9 Å². The Labute approximate surface area is 127 Å². The first-order valence-corrected chi connectivity index (χ1v) is 7.58. The molecule has 6 heteroatoms. The van der Waals surface area contributed by atoms with Gasteiger partial charge in [0.05, 0.1) is 4.47 Å². The van der Waals surface area contributed by atoms with Gasteiger partial charge in [-0.1, -0.05) is 13.8 Å². The fourth-order valence-corrected chi connectivity index (χ4v) is 2.32. The Hall–Kier alpha value is -0.720. The summed E-state index contributed by atoms with van der Waals surface area (Å²) < 4.78 is 32.0. The highest BCUT2D eigenvalue weighted by Crippen LogP contribution is 2.28. The Bertz CT molecular complexity index is 391. The highest BCUT2D eigenvalue weighted by atomic mass is 79.9. The molecule has 114 valence electrons. The van der Waals surface area contributed by atoms with E-state index in [2.05, 4.69) is 40.0 Å². The quantitative estimate of drug-likeness (QED) is 0.692. The summed E-state index contributed by atoms with van der Waals surface area (Å²) in [4.78, 5) is 2.31. The molecule has 0 heterocycles. The van der Waals surface area contributed by atoms with Gasteiger partial charge < -0.3 is 15.0 Å². The van der Waals surface area contributed by atoms with Crippen LogP contribution in [0.25, 0.3) is 0 Å². The predicted molar refractivity (Wildman–Crippen MR) is 80.2 cm³/mol. The Balaban J connectivity index is 2.25. The Morgan fingerprint density at radius 2 is 1.90 bits per heavy atom. The van der Waals surface area contributed by atoms with E-state index in [0.717, 1.165) is 32.2 Å². The van der Waals surface area contributed by atoms with Gasteiger partial charge >= 0.3 is 0 Å². The summed E-state index contributed by atoms with van der Waals surface area (Å²) in [5.74, 6) is -1.27. The molecule has 0 aliphatic heterocycles. The van der Waals surface area contributed by atoms with Crippen molar-refractivity contribution >= 4 is 15.9 Å². The molecule has 0 saturated heterocycles. The lowest BCUT2D eigenvalue weighted by Crippen LogP contribution is -2.33. The van der Waals surface area contributed by atoms with Crippen LogP contribution in [0.5, 0.6) is 5.75 Å². The number of nitrogens with zero attached hydrogens (tertiary/aromatic N) is 1. The number of hydrogen-bond acceptors (Lipinski definition) is 3. The van der Waals surface area contributed by atoms with Gasteiger partial charge in [0.1, 0.15) is 12.4 Å². The van der Waals surface area contributed by atoms with Crippen molar-refractivity contribution in [2.75, 3.05) is 39.3 Å². The second kappa shape index (κ2) is 9.26. The SMILES string of the molecule is CCN(CC)CCNCCOc1c(F)cc(F)cc1Br. The predicted octanol–water partition coefficient (Wildman–Crippen LogP) is 3.04. The normalized spacial score (nSPS) is 11.1. The minimum Gasteiger partial charge on any atom is -0.488 e. The van der Waals surface area contributed by atoms with E-state index in [4.69, 9.17) is 4.74 Å². The van der Waals surface area contributed by atoms with Crippen LogP contribution in [0.3, 0.4) is 0 Å². The van der Waals surface area contributed by atoms with Gasteiger partial charge in [-0.3, -0.25) is 0 Å². The van der Waals surface area contributed by atoms with Gasteiger partial charge in [0, 0.05) is 25.7 Å². The average Bonchev–Trinajstić information content (AvgIpc) is 2.40. The van der Waals surface area contributed by atoms with Crippen LogP contribution in [0.2, 0.25) is 0 Å². The molecule has 3 nitrogen and oxygen atoms in total. The summed E-state index contributed by atoms with van der Waals surface area (Å²) in [6, 6.07) is 2.00. The lowest BCUT2D eigenvalue weighted by atomic mass is 10.3. The van der Waals surface area contributed by atoms with Crippen molar-refractivity contribution in [1.82, 2.24) is 10.2 Å². The number of ether oxygens (including phenoxy) is 1. The van der Waals surface area contributed by atoms with Crippen molar-refractivity contribution < 1.29 is 13.5 Å². The van der Waals surface area contributed by atoms with Crippen molar-refractivity contribution in [3.63, 3.8) is 0 Å². The van der Waals surface area contributed by atoms with Gasteiger partial charge in [-0.15, -0.1) is 0 Å². The van der Waals surface area contributed by atoms with Crippen LogP contribution in [-0.2, 0) is 0 Å². The van der Waals surface area contributed by atoms with Crippen LogP contribution in [0.15, 0.2) is 16.6 Å². The van der Waals surface area contributed by atoms with Crippen LogP contribution in [-0.4, -0.2) is 44.2 Å². The molecule has 0 atom stereocenters. The first kappa shape index (κ1) is 17.3. The molecule has 1 aromatic rings. The van der Waals surface area contributed by atoms with E-state index >= 15 is 0 Å². The zero-order chi connectivity index (χ0) is 15.0. The van der Waals surface area contributed by atoms with E-state index in [-0.39, 0.29) is 10.2 Å². The lowest BCUT2D eigenvalue weighted by Gasteiger charge is -2.18. The molecule has 0 spiro atoms. The molecule has 20 heavy (non-hydrogen) atoms. The molecule has 0 aliphatic carbocycles. The topological polar surface area (TPSA) is 24.5 Å². The van der Waals surface area contributed by atoms with Crippen LogP contribution in [0.1, 0.15) is 13.8 Å². The molecule has 0 amide bonds. The molecular formula is C14H21BrF2N2O. The number of benzene rings is 1. The van der Waals surface area contributed by atoms with Crippen LogP contribution in [0, 0.1) is 11.6 Å². The van der Waals surface area contributed by atoms with E-state index in [1.807, 2.05) is 0 Å². The fraction of sp³-hybridized carbons (Fsp3) is 0.571. The standard InChI is InChI=1S/C14H21BrF2N2O/c1-3-19(4-2)7-5-18-6-8-20-14-12(15)9-11(16)10-13(14)17/h9-10,18H,3-8H2,1-2H3. The lowest BCUT2D eigenvalue weighted by molar-refractivity contribution is 0.278. The molecule has 0 saturated carbocycles. The third-order valence-corrected chi connectivity index (χ3v) is 3.58. The number of nitrogens with one attached hydrogen (secondary N) is 1. The second-order valence-electron chi connectivity index (χ2n) is 4.32. The smallest absolute Gasteiger partial charge is 0.169 e. The van der Waals surface area contributed by atoms with Gasteiger partial charge in [-0.25, -0.2) is 8.78 Å². The molecule has 0 aromatic heterocycles. The summed E-state index contributed by atoms with van der Waals surface area (Å²) in [6.45, 7) is 9.09. The van der Waals surface area contributed by atoms with Crippen LogP contribution < -0.4 is 10.1 Å². The Morgan fingerprint density at radius 1 is 1.20 bits per heavy atom. The first-order chi connectivity index (χ1) is 9.58. The highest BCUT2D eigenvalue weighted by molar-refractivity contribution is 9.10. The summed E-state index contributed by atoms with van der Waals surface area (Å²) in [6.07, 6.45) is 0. The maximum atomic E-state index is 13.5. The molecule has 1 aromatic carbocycles. The van der Waals surface area contributed by atoms with Gasteiger partial charge in [0.2, 0.25) is 0 Å². The van der Waals surface area contributed by atoms with Gasteiger partial charge in [-0.2, -0.15) is 0 Å². The number of likely N-dealkylation sites (N-methyl/N-ethyl adjacent to an activating group) is 1. The average molecular weight is 351 g/mol. The number of hydrogen-bond donors (Lipinski definition) is 1. The molecule has 0 fully saturated rings. The Morgan fingerprint density at radius 3 is 2.50 bits per heavy atom. The van der Waals surface area contributed by atoms with Crippen molar-refractivity contribution in [2.24, 2.45) is 0 Å². The zero-order valence-corrected chi connectivity index (χ0v) is 13.5. The fourth-order valence-electron chi connectivity index (χ4n) is 1.79. The van der Waals surface area contributed by atoms with Crippen molar-refractivity contribution in [3.8, 4) is 5.75 Å². The van der Waals surface area contributed by atoms with E-state index in [0.29, 0.717) is 13.2 Å². The third kappa shape index (κ3) is 5.73. The number of rotatable bonds is 9. The summed E-state index contributed by atoms with van der Waals surface area (Å²) in [7, 11) is 0. The molecule has 0 radical (unpaired) electrons. The van der Waals surface area contributed by atoms with Gasteiger partial charge in [0.15, 0.2) is 11.6 Å². The molecule has 0 aliphatic rings. The largest absolute Gasteiger partial charge is 0.488 e. The zero-order valence-electron chi connectivity index (χ0n) is 11.9. The van der Waals surface area contributed by atoms with E-state index < -0.39 is 11.6 Å². The second-order valence-corrected chi connectivity index (χ2v) is 5.18. The maximum absolute atomic E-state index is 13.5. The summed E-state index contributed by atoms with van der Waals surface area (Å²) in [5.41, 5.74) is 0. The first-order valence-electron chi connectivity index (χ1n) is 6.78. The van der Waals surface area contributed by atoms with Gasteiger partial charge in [0.25, 0.3) is 0 Å². The highest BCUT2D eigenvalue weighted by Gasteiger charge is 2.10. The Kier molecular flexibility index (Phi) is 8.02. The molecule has 1 N–H and O–H groups in total. The minimum absolute atomic E-state index is 0.0527. The van der Waals surface area contributed by atoms with Gasteiger partial charge in [-0.05, 0) is 35.1 Å². The van der Waals surface area contributed by atoms with Crippen LogP contribution in [0.4, 0.5) is 8.78 Å². The summed E-state index contributed by atoms with van der Waals surface area (Å²) >= 11 is 3.09. The third-order valence-electron chi connectivity index (χ3n) is 2.99. The minimum atomic E-state index is -0.694. The van der Waals surface area contributed by atoms with E-state index in [1.165, 1.54) is 6.07 Å².